The van der Waals surface area contributed by atoms with Gasteiger partial charge in [-0.05, 0) is 122 Å². The van der Waals surface area contributed by atoms with E-state index in [-0.39, 0.29) is 0 Å². The highest BCUT2D eigenvalue weighted by Gasteiger charge is 2.67. The maximum atomic E-state index is 4.13. The second kappa shape index (κ2) is 7.66. The Kier molecular flexibility index (Phi) is 5.85. The molecule has 4 aliphatic rings. The molecule has 4 saturated carbocycles. The summed E-state index contributed by atoms with van der Waals surface area (Å²) >= 11 is 0. The average molecular weight is 413 g/mol. The van der Waals surface area contributed by atoms with Gasteiger partial charge in [0.1, 0.15) is 0 Å². The molecule has 1 unspecified atom stereocenters. The molecule has 0 N–H and O–H groups in total. The highest BCUT2D eigenvalue weighted by Crippen LogP contribution is 2.75. The minimum absolute atomic E-state index is 0.558. The van der Waals surface area contributed by atoms with E-state index in [4.69, 9.17) is 0 Å². The largest absolute Gasteiger partial charge is 0.100 e. The molecule has 0 heterocycles. The fourth-order valence-electron chi connectivity index (χ4n) is 10.5. The molecule has 0 bridgehead atoms. The number of allylic oxidation sites excluding steroid dienone is 1. The summed E-state index contributed by atoms with van der Waals surface area (Å²) in [5.74, 6) is 4.77. The van der Waals surface area contributed by atoms with Crippen molar-refractivity contribution in [2.24, 2.45) is 51.2 Å². The first-order valence-corrected chi connectivity index (χ1v) is 13.6. The molecule has 0 nitrogen and oxygen atoms in total. The summed E-state index contributed by atoms with van der Waals surface area (Å²) in [5.41, 5.74) is 3.67. The molecule has 0 aliphatic heterocycles. The van der Waals surface area contributed by atoms with Gasteiger partial charge < -0.3 is 0 Å². The van der Waals surface area contributed by atoms with Gasteiger partial charge in [0.15, 0.2) is 0 Å². The summed E-state index contributed by atoms with van der Waals surface area (Å²) in [4.78, 5) is 0. The van der Waals surface area contributed by atoms with Gasteiger partial charge in [0, 0.05) is 0 Å². The molecule has 0 heteroatoms. The van der Waals surface area contributed by atoms with Crippen LogP contribution in [0.5, 0.6) is 0 Å². The summed E-state index contributed by atoms with van der Waals surface area (Å²) in [7, 11) is 0. The molecule has 0 amide bonds. The zero-order valence-electron chi connectivity index (χ0n) is 21.6. The average Bonchev–Trinajstić information content (AvgIpc) is 2.99. The van der Waals surface area contributed by atoms with E-state index in [2.05, 4.69) is 55.0 Å². The molecule has 0 aromatic rings. The van der Waals surface area contributed by atoms with Gasteiger partial charge in [-0.1, -0.05) is 60.0 Å². The van der Waals surface area contributed by atoms with Gasteiger partial charge in [0.25, 0.3) is 0 Å². The minimum Gasteiger partial charge on any atom is -0.100 e. The van der Waals surface area contributed by atoms with E-state index >= 15 is 0 Å². The first-order chi connectivity index (χ1) is 14.0. The van der Waals surface area contributed by atoms with Crippen molar-refractivity contribution in [1.29, 1.82) is 0 Å². The van der Waals surface area contributed by atoms with Crippen LogP contribution in [-0.4, -0.2) is 0 Å². The second-order valence-electron chi connectivity index (χ2n) is 14.0. The van der Waals surface area contributed by atoms with Crippen molar-refractivity contribution >= 4 is 0 Å². The zero-order valence-corrected chi connectivity index (χ0v) is 21.6. The van der Waals surface area contributed by atoms with Crippen LogP contribution in [0.1, 0.15) is 126 Å². The molecule has 8 atom stereocenters. The summed E-state index contributed by atoms with van der Waals surface area (Å²) < 4.78 is 0. The molecule has 0 spiro atoms. The Balaban J connectivity index is 1.56. The third-order valence-electron chi connectivity index (χ3n) is 12.2. The first kappa shape index (κ1) is 22.9. The molecule has 4 rings (SSSR count). The van der Waals surface area contributed by atoms with Crippen LogP contribution in [0.4, 0.5) is 0 Å². The summed E-state index contributed by atoms with van der Waals surface area (Å²) in [5, 5.41) is 0. The third-order valence-corrected chi connectivity index (χ3v) is 12.2. The Hall–Kier alpha value is -0.260. The summed E-state index contributed by atoms with van der Waals surface area (Å²) in [6.07, 6.45) is 17.5. The van der Waals surface area contributed by atoms with Crippen molar-refractivity contribution in [3.63, 3.8) is 0 Å². The highest BCUT2D eigenvalue weighted by atomic mass is 14.7. The maximum Gasteiger partial charge on any atom is -0.0235 e. The predicted molar refractivity (Wildman–Crippen MR) is 131 cm³/mol. The Bertz CT molecular complexity index is 657. The second-order valence-corrected chi connectivity index (χ2v) is 14.0. The topological polar surface area (TPSA) is 0 Å². The van der Waals surface area contributed by atoms with E-state index in [1.807, 2.05) is 0 Å². The van der Waals surface area contributed by atoms with Gasteiger partial charge in [0.2, 0.25) is 0 Å². The Labute approximate surface area is 189 Å². The summed E-state index contributed by atoms with van der Waals surface area (Å²) in [6, 6.07) is 0. The molecule has 0 saturated heterocycles. The van der Waals surface area contributed by atoms with E-state index in [9.17, 15) is 0 Å². The van der Waals surface area contributed by atoms with Crippen molar-refractivity contribution in [2.75, 3.05) is 0 Å². The molecular formula is C30H52. The first-order valence-electron chi connectivity index (χ1n) is 13.6. The normalized spacial score (nSPS) is 48.4. The number of hydrogen-bond acceptors (Lipinski definition) is 0. The minimum atomic E-state index is 0.558. The van der Waals surface area contributed by atoms with Crippen LogP contribution in [0.3, 0.4) is 0 Å². The number of rotatable bonds is 5. The molecule has 4 aliphatic carbocycles. The molecule has 30 heavy (non-hydrogen) atoms. The van der Waals surface area contributed by atoms with Gasteiger partial charge in [-0.2, -0.15) is 0 Å². The molecule has 172 valence electrons. The van der Waals surface area contributed by atoms with Crippen LogP contribution in [0.25, 0.3) is 0 Å². The van der Waals surface area contributed by atoms with Gasteiger partial charge >= 0.3 is 0 Å². The van der Waals surface area contributed by atoms with Gasteiger partial charge in [-0.15, -0.1) is 6.58 Å². The SMILES string of the molecule is C=C(C)CCC[C@@H](C)[C@H]1CC[C@@]2(C)[C@@H]1CC[C@@H]1[C@@]3(C)CCCC(C)(C)C3CC[C@]12C. The molecule has 0 radical (unpaired) electrons. The standard InChI is InChI=1S/C30H52/c1-21(2)11-9-12-22(3)23-15-19-29(7)24(23)13-14-26-28(6)18-10-17-27(4,5)25(28)16-20-30(26,29)8/h22-26H,1,9-20H2,2-8H3/t22-,23-,24-,25?,26-,28+,29+,30-/m1/s1. The van der Waals surface area contributed by atoms with Gasteiger partial charge in [-0.3, -0.25) is 0 Å². The Morgan fingerprint density at radius 3 is 2.27 bits per heavy atom. The van der Waals surface area contributed by atoms with Crippen molar-refractivity contribution in [2.45, 2.75) is 126 Å². The van der Waals surface area contributed by atoms with E-state index in [0.717, 1.165) is 29.6 Å². The third kappa shape index (κ3) is 3.28. The quantitative estimate of drug-likeness (QED) is 0.394. The zero-order chi connectivity index (χ0) is 21.9. The lowest BCUT2D eigenvalue weighted by atomic mass is 9.35. The van der Waals surface area contributed by atoms with Crippen LogP contribution >= 0.6 is 0 Å². The summed E-state index contributed by atoms with van der Waals surface area (Å²) in [6.45, 7) is 22.4. The lowest BCUT2D eigenvalue weighted by molar-refractivity contribution is -0.203. The smallest absolute Gasteiger partial charge is 0.0235 e. The predicted octanol–water partition coefficient (Wildman–Crippen LogP) is 9.44. The van der Waals surface area contributed by atoms with E-state index in [0.29, 0.717) is 21.7 Å². The Morgan fingerprint density at radius 1 is 0.867 bits per heavy atom. The molecular weight excluding hydrogens is 360 g/mol. The van der Waals surface area contributed by atoms with Crippen molar-refractivity contribution in [1.82, 2.24) is 0 Å². The maximum absolute atomic E-state index is 4.13. The number of fused-ring (bicyclic) bond motifs is 5. The fraction of sp³-hybridized carbons (Fsp3) is 0.933. The van der Waals surface area contributed by atoms with Crippen LogP contribution in [0.15, 0.2) is 12.2 Å². The number of hydrogen-bond donors (Lipinski definition) is 0. The van der Waals surface area contributed by atoms with Crippen LogP contribution in [-0.2, 0) is 0 Å². The monoisotopic (exact) mass is 412 g/mol. The van der Waals surface area contributed by atoms with E-state index in [1.165, 1.54) is 82.6 Å². The van der Waals surface area contributed by atoms with E-state index in [1.54, 1.807) is 0 Å². The van der Waals surface area contributed by atoms with Crippen LogP contribution in [0, 0.1) is 51.2 Å². The fourth-order valence-corrected chi connectivity index (χ4v) is 10.5. The molecule has 4 fully saturated rings. The Morgan fingerprint density at radius 2 is 1.57 bits per heavy atom. The van der Waals surface area contributed by atoms with Gasteiger partial charge in [0.05, 0.1) is 0 Å². The van der Waals surface area contributed by atoms with Crippen molar-refractivity contribution < 1.29 is 0 Å². The lowest BCUT2D eigenvalue weighted by Crippen LogP contribution is -2.62. The van der Waals surface area contributed by atoms with Gasteiger partial charge in [-0.25, -0.2) is 0 Å². The molecule has 0 aromatic carbocycles. The van der Waals surface area contributed by atoms with Crippen LogP contribution < -0.4 is 0 Å². The molecule has 0 aromatic heterocycles. The lowest BCUT2D eigenvalue weighted by Gasteiger charge is -2.69. The van der Waals surface area contributed by atoms with Crippen molar-refractivity contribution in [3.05, 3.63) is 12.2 Å². The highest BCUT2D eigenvalue weighted by molar-refractivity contribution is 5.16. The van der Waals surface area contributed by atoms with E-state index < -0.39 is 0 Å². The van der Waals surface area contributed by atoms with Crippen LogP contribution in [0.2, 0.25) is 0 Å². The van der Waals surface area contributed by atoms with Crippen molar-refractivity contribution in [3.8, 4) is 0 Å².